The van der Waals surface area contributed by atoms with Gasteiger partial charge in [-0.05, 0) is 68.8 Å². The summed E-state index contributed by atoms with van der Waals surface area (Å²) in [5.41, 5.74) is 4.58. The van der Waals surface area contributed by atoms with Crippen LogP contribution in [0.4, 0.5) is 5.69 Å². The maximum atomic E-state index is 12.5. The van der Waals surface area contributed by atoms with Crippen LogP contribution in [0, 0.1) is 20.8 Å². The van der Waals surface area contributed by atoms with Gasteiger partial charge >= 0.3 is 0 Å². The summed E-state index contributed by atoms with van der Waals surface area (Å²) in [6, 6.07) is 18.3. The lowest BCUT2D eigenvalue weighted by Crippen LogP contribution is -2.11. The van der Waals surface area contributed by atoms with Crippen molar-refractivity contribution in [1.29, 1.82) is 0 Å². The van der Waals surface area contributed by atoms with Crippen molar-refractivity contribution in [3.05, 3.63) is 82.6 Å². The number of nitrogens with one attached hydrogen (secondary N) is 1. The third-order valence-electron chi connectivity index (χ3n) is 5.32. The fourth-order valence-corrected chi connectivity index (χ4v) is 4.17. The maximum Gasteiger partial charge on any atom is 0.284 e. The molecule has 0 radical (unpaired) electrons. The van der Waals surface area contributed by atoms with Crippen LogP contribution in [0.2, 0.25) is 0 Å². The van der Waals surface area contributed by atoms with Crippen molar-refractivity contribution < 1.29 is 9.53 Å². The number of ether oxygens (including phenoxy) is 1. The number of aromatic nitrogens is 5. The number of amides is 1. The molecule has 9 heteroatoms. The van der Waals surface area contributed by atoms with E-state index in [9.17, 15) is 4.79 Å². The molecule has 3 aromatic heterocycles. The van der Waals surface area contributed by atoms with Crippen LogP contribution < -0.4 is 10.1 Å². The van der Waals surface area contributed by atoms with Gasteiger partial charge in [-0.1, -0.05) is 12.1 Å². The third kappa shape index (κ3) is 4.18. The van der Waals surface area contributed by atoms with E-state index >= 15 is 0 Å². The minimum absolute atomic E-state index is 0.245. The molecule has 8 nitrogen and oxygen atoms in total. The molecule has 2 aromatic carbocycles. The SMILES string of the molecule is Cc1nn(-c2ccc(Oc3ccc(NC(=O)c4nc5ccccc5s4)cc3)nn2)c(C)c1C. The van der Waals surface area contributed by atoms with Gasteiger partial charge in [0.15, 0.2) is 10.8 Å². The molecular weight excluding hydrogens is 436 g/mol. The molecule has 0 aliphatic carbocycles. The lowest BCUT2D eigenvalue weighted by atomic mass is 10.2. The molecule has 1 amide bonds. The van der Waals surface area contributed by atoms with Crippen molar-refractivity contribution in [2.75, 3.05) is 5.32 Å². The zero-order chi connectivity index (χ0) is 22.9. The highest BCUT2D eigenvalue weighted by molar-refractivity contribution is 7.20. The van der Waals surface area contributed by atoms with Crippen LogP contribution >= 0.6 is 11.3 Å². The van der Waals surface area contributed by atoms with Crippen molar-refractivity contribution in [1.82, 2.24) is 25.0 Å². The molecule has 33 heavy (non-hydrogen) atoms. The number of carbonyl (C=O) groups excluding carboxylic acids is 1. The Labute approximate surface area is 193 Å². The van der Waals surface area contributed by atoms with E-state index in [1.54, 1.807) is 35.0 Å². The van der Waals surface area contributed by atoms with Gasteiger partial charge in [-0.3, -0.25) is 4.79 Å². The second-order valence-corrected chi connectivity index (χ2v) is 8.54. The molecule has 5 rings (SSSR count). The molecule has 0 unspecified atom stereocenters. The first-order valence-electron chi connectivity index (χ1n) is 10.3. The highest BCUT2D eigenvalue weighted by Crippen LogP contribution is 2.25. The smallest absolute Gasteiger partial charge is 0.284 e. The highest BCUT2D eigenvalue weighted by atomic mass is 32.1. The van der Waals surface area contributed by atoms with Gasteiger partial charge in [-0.15, -0.1) is 21.5 Å². The Morgan fingerprint density at radius 1 is 0.970 bits per heavy atom. The molecule has 164 valence electrons. The third-order valence-corrected chi connectivity index (χ3v) is 6.35. The van der Waals surface area contributed by atoms with Gasteiger partial charge < -0.3 is 10.1 Å². The van der Waals surface area contributed by atoms with Crippen molar-refractivity contribution in [3.63, 3.8) is 0 Å². The first-order valence-corrected chi connectivity index (χ1v) is 11.1. The fraction of sp³-hybridized carbons (Fsp3) is 0.125. The summed E-state index contributed by atoms with van der Waals surface area (Å²) < 4.78 is 8.53. The largest absolute Gasteiger partial charge is 0.438 e. The number of hydrogen-bond donors (Lipinski definition) is 1. The number of fused-ring (bicyclic) bond motifs is 1. The lowest BCUT2D eigenvalue weighted by Gasteiger charge is -2.07. The molecule has 0 saturated heterocycles. The van der Waals surface area contributed by atoms with Crippen LogP contribution in [0.15, 0.2) is 60.7 Å². The molecule has 0 spiro atoms. The molecule has 0 aliphatic heterocycles. The van der Waals surface area contributed by atoms with Gasteiger partial charge in [0.05, 0.1) is 15.9 Å². The maximum absolute atomic E-state index is 12.5. The number of thiazole rings is 1. The summed E-state index contributed by atoms with van der Waals surface area (Å²) in [7, 11) is 0. The van der Waals surface area contributed by atoms with E-state index in [1.807, 2.05) is 51.1 Å². The van der Waals surface area contributed by atoms with Crippen LogP contribution in [0.3, 0.4) is 0 Å². The zero-order valence-electron chi connectivity index (χ0n) is 18.2. The quantitative estimate of drug-likeness (QED) is 0.389. The number of hydrogen-bond acceptors (Lipinski definition) is 7. The van der Waals surface area contributed by atoms with E-state index in [-0.39, 0.29) is 5.91 Å². The van der Waals surface area contributed by atoms with Gasteiger partial charge in [0.2, 0.25) is 5.88 Å². The van der Waals surface area contributed by atoms with Gasteiger partial charge in [0.25, 0.3) is 5.91 Å². The van der Waals surface area contributed by atoms with E-state index in [1.165, 1.54) is 11.3 Å². The number of carbonyl (C=O) groups is 1. The average Bonchev–Trinajstić information content (AvgIpc) is 3.38. The predicted octanol–water partition coefficient (Wildman–Crippen LogP) is 5.24. The molecular formula is C24H20N6O2S. The van der Waals surface area contributed by atoms with E-state index in [0.717, 1.165) is 27.2 Å². The Bertz CT molecular complexity index is 1420. The number of para-hydroxylation sites is 1. The summed E-state index contributed by atoms with van der Waals surface area (Å²) in [5, 5.41) is 16.2. The van der Waals surface area contributed by atoms with Gasteiger partial charge in [0.1, 0.15) is 5.75 Å². The summed E-state index contributed by atoms with van der Waals surface area (Å²) in [6.07, 6.45) is 0. The summed E-state index contributed by atoms with van der Waals surface area (Å²) >= 11 is 1.36. The summed E-state index contributed by atoms with van der Waals surface area (Å²) in [5.74, 6) is 1.33. The van der Waals surface area contributed by atoms with Crippen LogP contribution in [-0.4, -0.2) is 30.9 Å². The normalized spacial score (nSPS) is 11.0. The van der Waals surface area contributed by atoms with Crippen molar-refractivity contribution in [2.45, 2.75) is 20.8 Å². The molecule has 0 fully saturated rings. The average molecular weight is 457 g/mol. The summed E-state index contributed by atoms with van der Waals surface area (Å²) in [4.78, 5) is 16.9. The number of benzene rings is 2. The van der Waals surface area contributed by atoms with Crippen molar-refractivity contribution in [3.8, 4) is 17.4 Å². The van der Waals surface area contributed by atoms with Crippen molar-refractivity contribution in [2.24, 2.45) is 0 Å². The minimum atomic E-state index is -0.245. The second kappa shape index (κ2) is 8.44. The number of anilines is 1. The second-order valence-electron chi connectivity index (χ2n) is 7.50. The number of nitrogens with zero attached hydrogens (tertiary/aromatic N) is 5. The molecule has 0 atom stereocenters. The number of rotatable bonds is 5. The van der Waals surface area contributed by atoms with Crippen LogP contribution in [0.5, 0.6) is 11.6 Å². The topological polar surface area (TPSA) is 94.8 Å². The van der Waals surface area contributed by atoms with Gasteiger partial charge in [-0.25, -0.2) is 9.67 Å². The van der Waals surface area contributed by atoms with E-state index < -0.39 is 0 Å². The molecule has 1 N–H and O–H groups in total. The lowest BCUT2D eigenvalue weighted by molar-refractivity contribution is 0.102. The summed E-state index contributed by atoms with van der Waals surface area (Å²) in [6.45, 7) is 6.00. The minimum Gasteiger partial charge on any atom is -0.438 e. The monoisotopic (exact) mass is 456 g/mol. The van der Waals surface area contributed by atoms with E-state index in [4.69, 9.17) is 4.74 Å². The van der Waals surface area contributed by atoms with Gasteiger partial charge in [0, 0.05) is 17.4 Å². The van der Waals surface area contributed by atoms with Crippen molar-refractivity contribution >= 4 is 33.1 Å². The van der Waals surface area contributed by atoms with Crippen LogP contribution in [0.25, 0.3) is 16.0 Å². The first kappa shape index (κ1) is 20.8. The van der Waals surface area contributed by atoms with Gasteiger partial charge in [-0.2, -0.15) is 5.10 Å². The zero-order valence-corrected chi connectivity index (χ0v) is 19.1. The molecule has 5 aromatic rings. The van der Waals surface area contributed by atoms with E-state index in [2.05, 4.69) is 25.6 Å². The molecule has 0 saturated carbocycles. The fourth-order valence-electron chi connectivity index (χ4n) is 3.31. The highest BCUT2D eigenvalue weighted by Gasteiger charge is 2.13. The first-order chi connectivity index (χ1) is 16.0. The van der Waals surface area contributed by atoms with Crippen LogP contribution in [0.1, 0.15) is 26.8 Å². The Balaban J connectivity index is 1.25. The standard InChI is InChI=1S/C24H20N6O2S/c1-14-15(2)29-30(16(14)3)21-12-13-22(28-27-21)32-18-10-8-17(9-11-18)25-23(31)24-26-19-6-4-5-7-20(19)33-24/h4-13H,1-3H3,(H,25,31). The molecule has 3 heterocycles. The molecule has 0 bridgehead atoms. The van der Waals surface area contributed by atoms with Crippen LogP contribution in [-0.2, 0) is 0 Å². The Morgan fingerprint density at radius 2 is 1.76 bits per heavy atom. The Hall–Kier alpha value is -4.11. The predicted molar refractivity (Wildman–Crippen MR) is 127 cm³/mol. The Morgan fingerprint density at radius 3 is 2.42 bits per heavy atom. The van der Waals surface area contributed by atoms with E-state index in [0.29, 0.717) is 28.1 Å². The Kier molecular flexibility index (Phi) is 5.31. The number of aryl methyl sites for hydroxylation is 1. The molecule has 0 aliphatic rings.